The van der Waals surface area contributed by atoms with E-state index in [2.05, 4.69) is 40.9 Å². The van der Waals surface area contributed by atoms with Crippen molar-refractivity contribution in [1.29, 1.82) is 0 Å². The van der Waals surface area contributed by atoms with E-state index in [1.54, 1.807) is 0 Å². The van der Waals surface area contributed by atoms with Crippen molar-refractivity contribution in [3.63, 3.8) is 0 Å². The van der Waals surface area contributed by atoms with Crippen LogP contribution < -0.4 is 11.1 Å². The largest absolute Gasteiger partial charge is 0.355 e. The van der Waals surface area contributed by atoms with Crippen LogP contribution in [-0.2, 0) is 13.0 Å². The van der Waals surface area contributed by atoms with Crippen molar-refractivity contribution < 1.29 is 0 Å². The van der Waals surface area contributed by atoms with E-state index in [1.807, 2.05) is 0 Å². The van der Waals surface area contributed by atoms with Crippen molar-refractivity contribution >= 4 is 5.95 Å². The van der Waals surface area contributed by atoms with Gasteiger partial charge in [-0.2, -0.15) is 0 Å². The Morgan fingerprint density at radius 2 is 2.13 bits per heavy atom. The predicted octanol–water partition coefficient (Wildman–Crippen LogP) is 0.867. The van der Waals surface area contributed by atoms with Gasteiger partial charge in [0.15, 0.2) is 0 Å². The van der Waals surface area contributed by atoms with Crippen LogP contribution in [0.1, 0.15) is 26.6 Å². The number of nitrogens with one attached hydrogen (secondary N) is 1. The Balaban J connectivity index is 2.79. The molecule has 0 aliphatic rings. The Bertz CT molecular complexity index is 294. The standard InChI is InChI=1S/C10H21N5/c1-4-12-10-14-13-9(15(10)5-2)6-8(3)7-11/h8H,4-7,11H2,1-3H3,(H,12,14). The minimum atomic E-state index is 0.453. The Morgan fingerprint density at radius 3 is 2.67 bits per heavy atom. The number of nitrogens with two attached hydrogens (primary N) is 1. The Labute approximate surface area is 91.1 Å². The maximum absolute atomic E-state index is 5.60. The summed E-state index contributed by atoms with van der Waals surface area (Å²) >= 11 is 0. The first kappa shape index (κ1) is 12.0. The SMILES string of the molecule is CCNc1nnc(CC(C)CN)n1CC. The van der Waals surface area contributed by atoms with Crippen molar-refractivity contribution in [1.82, 2.24) is 14.8 Å². The fraction of sp³-hybridized carbons (Fsp3) is 0.800. The van der Waals surface area contributed by atoms with E-state index in [0.717, 1.165) is 31.3 Å². The zero-order valence-electron chi connectivity index (χ0n) is 9.82. The van der Waals surface area contributed by atoms with Crippen LogP contribution in [0.5, 0.6) is 0 Å². The molecule has 0 aromatic carbocycles. The average molecular weight is 211 g/mol. The van der Waals surface area contributed by atoms with Gasteiger partial charge in [0.05, 0.1) is 0 Å². The summed E-state index contributed by atoms with van der Waals surface area (Å²) in [5.74, 6) is 2.33. The van der Waals surface area contributed by atoms with Gasteiger partial charge in [-0.3, -0.25) is 4.57 Å². The van der Waals surface area contributed by atoms with Gasteiger partial charge < -0.3 is 11.1 Å². The van der Waals surface area contributed by atoms with Crippen LogP contribution in [0.3, 0.4) is 0 Å². The first-order chi connectivity index (χ1) is 7.22. The zero-order valence-corrected chi connectivity index (χ0v) is 9.82. The summed E-state index contributed by atoms with van der Waals surface area (Å²) in [5.41, 5.74) is 5.60. The number of rotatable bonds is 6. The van der Waals surface area contributed by atoms with Gasteiger partial charge in [0.1, 0.15) is 5.82 Å². The molecule has 1 unspecified atom stereocenters. The molecule has 3 N–H and O–H groups in total. The lowest BCUT2D eigenvalue weighted by Gasteiger charge is -2.10. The topological polar surface area (TPSA) is 68.8 Å². The fourth-order valence-electron chi connectivity index (χ4n) is 1.50. The molecular weight excluding hydrogens is 190 g/mol. The fourth-order valence-corrected chi connectivity index (χ4v) is 1.50. The Kier molecular flexibility index (Phi) is 4.55. The van der Waals surface area contributed by atoms with Crippen LogP contribution >= 0.6 is 0 Å². The monoisotopic (exact) mass is 211 g/mol. The molecule has 5 nitrogen and oxygen atoms in total. The molecule has 1 aromatic heterocycles. The second-order valence-electron chi connectivity index (χ2n) is 3.76. The number of nitrogens with zero attached hydrogens (tertiary/aromatic N) is 3. The highest BCUT2D eigenvalue weighted by atomic mass is 15.3. The van der Waals surface area contributed by atoms with Crippen LogP contribution in [-0.4, -0.2) is 27.9 Å². The highest BCUT2D eigenvalue weighted by molar-refractivity contribution is 5.25. The molecule has 15 heavy (non-hydrogen) atoms. The minimum Gasteiger partial charge on any atom is -0.355 e. The molecule has 0 saturated carbocycles. The van der Waals surface area contributed by atoms with Crippen molar-refractivity contribution in [2.24, 2.45) is 11.7 Å². The lowest BCUT2D eigenvalue weighted by molar-refractivity contribution is 0.549. The number of anilines is 1. The van der Waals surface area contributed by atoms with E-state index in [1.165, 1.54) is 0 Å². The molecule has 1 rings (SSSR count). The average Bonchev–Trinajstić information content (AvgIpc) is 2.61. The first-order valence-corrected chi connectivity index (χ1v) is 5.58. The molecule has 0 aliphatic carbocycles. The quantitative estimate of drug-likeness (QED) is 0.732. The molecule has 1 heterocycles. The van der Waals surface area contributed by atoms with Crippen LogP contribution in [0.2, 0.25) is 0 Å². The molecule has 86 valence electrons. The van der Waals surface area contributed by atoms with Crippen molar-refractivity contribution in [2.75, 3.05) is 18.4 Å². The molecule has 0 radical (unpaired) electrons. The van der Waals surface area contributed by atoms with Gasteiger partial charge in [-0.1, -0.05) is 6.92 Å². The minimum absolute atomic E-state index is 0.453. The summed E-state index contributed by atoms with van der Waals surface area (Å²) in [6.07, 6.45) is 0.892. The highest BCUT2D eigenvalue weighted by Crippen LogP contribution is 2.11. The molecular formula is C10H21N5. The lowest BCUT2D eigenvalue weighted by atomic mass is 10.1. The normalized spacial score (nSPS) is 12.8. The van der Waals surface area contributed by atoms with E-state index >= 15 is 0 Å². The van der Waals surface area contributed by atoms with Gasteiger partial charge in [-0.15, -0.1) is 10.2 Å². The third kappa shape index (κ3) is 2.92. The van der Waals surface area contributed by atoms with E-state index in [-0.39, 0.29) is 0 Å². The van der Waals surface area contributed by atoms with Crippen LogP contribution in [0.4, 0.5) is 5.95 Å². The van der Waals surface area contributed by atoms with Crippen LogP contribution in [0.15, 0.2) is 0 Å². The number of hydrogen-bond acceptors (Lipinski definition) is 4. The van der Waals surface area contributed by atoms with Gasteiger partial charge in [-0.05, 0) is 26.3 Å². The molecule has 0 saturated heterocycles. The molecule has 0 amide bonds. The molecule has 1 aromatic rings. The van der Waals surface area contributed by atoms with Gasteiger partial charge in [0.25, 0.3) is 0 Å². The first-order valence-electron chi connectivity index (χ1n) is 5.58. The molecule has 5 heteroatoms. The predicted molar refractivity (Wildman–Crippen MR) is 61.8 cm³/mol. The number of hydrogen-bond donors (Lipinski definition) is 2. The Morgan fingerprint density at radius 1 is 1.40 bits per heavy atom. The summed E-state index contributed by atoms with van der Waals surface area (Å²) in [4.78, 5) is 0. The Hall–Kier alpha value is -1.10. The van der Waals surface area contributed by atoms with E-state index in [0.29, 0.717) is 12.5 Å². The van der Waals surface area contributed by atoms with Crippen molar-refractivity contribution in [3.8, 4) is 0 Å². The highest BCUT2D eigenvalue weighted by Gasteiger charge is 2.12. The van der Waals surface area contributed by atoms with Gasteiger partial charge in [0.2, 0.25) is 5.95 Å². The lowest BCUT2D eigenvalue weighted by Crippen LogP contribution is -2.16. The summed E-state index contributed by atoms with van der Waals surface area (Å²) in [7, 11) is 0. The second-order valence-corrected chi connectivity index (χ2v) is 3.76. The van der Waals surface area contributed by atoms with Gasteiger partial charge in [-0.25, -0.2) is 0 Å². The van der Waals surface area contributed by atoms with E-state index in [9.17, 15) is 0 Å². The second kappa shape index (κ2) is 5.70. The van der Waals surface area contributed by atoms with E-state index in [4.69, 9.17) is 5.73 Å². The molecule has 0 fully saturated rings. The number of aromatic nitrogens is 3. The van der Waals surface area contributed by atoms with Crippen LogP contribution in [0, 0.1) is 5.92 Å². The van der Waals surface area contributed by atoms with Crippen LogP contribution in [0.25, 0.3) is 0 Å². The summed E-state index contributed by atoms with van der Waals surface area (Å²) in [6.45, 7) is 8.72. The summed E-state index contributed by atoms with van der Waals surface area (Å²) in [6, 6.07) is 0. The third-order valence-electron chi connectivity index (χ3n) is 2.41. The maximum Gasteiger partial charge on any atom is 0.224 e. The van der Waals surface area contributed by atoms with Gasteiger partial charge >= 0.3 is 0 Å². The molecule has 0 spiro atoms. The maximum atomic E-state index is 5.60. The van der Waals surface area contributed by atoms with E-state index < -0.39 is 0 Å². The third-order valence-corrected chi connectivity index (χ3v) is 2.41. The molecule has 0 aliphatic heterocycles. The van der Waals surface area contributed by atoms with Gasteiger partial charge in [0, 0.05) is 19.5 Å². The summed E-state index contributed by atoms with van der Waals surface area (Å²) < 4.78 is 2.11. The van der Waals surface area contributed by atoms with Crippen molar-refractivity contribution in [3.05, 3.63) is 5.82 Å². The molecule has 1 atom stereocenters. The smallest absolute Gasteiger partial charge is 0.224 e. The summed E-state index contributed by atoms with van der Waals surface area (Å²) in [5, 5.41) is 11.5. The zero-order chi connectivity index (χ0) is 11.3. The molecule has 0 bridgehead atoms. The van der Waals surface area contributed by atoms with Crippen molar-refractivity contribution in [2.45, 2.75) is 33.7 Å².